The molecule has 1 amide bonds. The summed E-state index contributed by atoms with van der Waals surface area (Å²) in [5.74, 6) is -0.226. The summed E-state index contributed by atoms with van der Waals surface area (Å²) in [6.45, 7) is 1.89. The van der Waals surface area contributed by atoms with E-state index in [9.17, 15) is 9.59 Å². The number of carbonyl (C=O) groups excluding carboxylic acids is 1. The predicted octanol–water partition coefficient (Wildman–Crippen LogP) is 1.26. The second-order valence-electron chi connectivity index (χ2n) is 3.92. The van der Waals surface area contributed by atoms with Gasteiger partial charge in [0.05, 0.1) is 11.6 Å². The van der Waals surface area contributed by atoms with Gasteiger partial charge >= 0.3 is 0 Å². The first-order chi connectivity index (χ1) is 8.66. The van der Waals surface area contributed by atoms with Crippen molar-refractivity contribution in [2.75, 3.05) is 0 Å². The number of rotatable bonds is 3. The lowest BCUT2D eigenvalue weighted by atomic mass is 10.1. The highest BCUT2D eigenvalue weighted by atomic mass is 16.2. The van der Waals surface area contributed by atoms with Crippen molar-refractivity contribution in [2.45, 2.75) is 13.0 Å². The standard InChI is InChI=1S/C13H13N3O2/c1-9(10-4-6-14-7-5-10)16-13(18)11-2-3-12(17)15-8-11/h2-9H,1H3,(H,15,17)(H,16,18). The monoisotopic (exact) mass is 243 g/mol. The van der Waals surface area contributed by atoms with E-state index >= 15 is 0 Å². The highest BCUT2D eigenvalue weighted by Crippen LogP contribution is 2.10. The molecule has 0 bridgehead atoms. The molecule has 0 saturated heterocycles. The Bertz CT molecular complexity index is 572. The van der Waals surface area contributed by atoms with Gasteiger partial charge < -0.3 is 10.3 Å². The number of nitrogens with one attached hydrogen (secondary N) is 2. The van der Waals surface area contributed by atoms with Crippen molar-refractivity contribution in [2.24, 2.45) is 0 Å². The minimum Gasteiger partial charge on any atom is -0.345 e. The van der Waals surface area contributed by atoms with Crippen LogP contribution in [-0.2, 0) is 0 Å². The zero-order valence-corrected chi connectivity index (χ0v) is 9.88. The molecule has 1 unspecified atom stereocenters. The third kappa shape index (κ3) is 2.82. The molecular weight excluding hydrogens is 230 g/mol. The number of aromatic amines is 1. The van der Waals surface area contributed by atoms with Crippen LogP contribution in [-0.4, -0.2) is 15.9 Å². The molecule has 0 spiro atoms. The SMILES string of the molecule is CC(NC(=O)c1ccc(=O)[nH]c1)c1ccncc1. The number of H-pyrrole nitrogens is 1. The van der Waals surface area contributed by atoms with Crippen LogP contribution in [0.3, 0.4) is 0 Å². The predicted molar refractivity (Wildman–Crippen MR) is 67.2 cm³/mol. The van der Waals surface area contributed by atoms with Crippen LogP contribution < -0.4 is 10.9 Å². The Kier molecular flexibility index (Phi) is 3.52. The van der Waals surface area contributed by atoms with Crippen molar-refractivity contribution < 1.29 is 4.79 Å². The van der Waals surface area contributed by atoms with E-state index < -0.39 is 0 Å². The van der Waals surface area contributed by atoms with E-state index in [1.54, 1.807) is 12.4 Å². The second kappa shape index (κ2) is 5.27. The molecule has 1 atom stereocenters. The molecule has 0 aliphatic carbocycles. The molecule has 0 fully saturated rings. The van der Waals surface area contributed by atoms with Crippen LogP contribution in [0.25, 0.3) is 0 Å². The first-order valence-electron chi connectivity index (χ1n) is 5.56. The second-order valence-corrected chi connectivity index (χ2v) is 3.92. The molecular formula is C13H13N3O2. The Hall–Kier alpha value is -2.43. The van der Waals surface area contributed by atoms with Crippen LogP contribution >= 0.6 is 0 Å². The lowest BCUT2D eigenvalue weighted by Crippen LogP contribution is -2.27. The van der Waals surface area contributed by atoms with Crippen LogP contribution in [0.2, 0.25) is 0 Å². The Balaban J connectivity index is 2.08. The average Bonchev–Trinajstić information content (AvgIpc) is 2.40. The van der Waals surface area contributed by atoms with Crippen LogP contribution in [0, 0.1) is 0 Å². The molecule has 0 radical (unpaired) electrons. The van der Waals surface area contributed by atoms with Gasteiger partial charge in [0.25, 0.3) is 5.91 Å². The number of pyridine rings is 2. The van der Waals surface area contributed by atoms with Gasteiger partial charge in [-0.1, -0.05) is 0 Å². The maximum Gasteiger partial charge on any atom is 0.253 e. The normalized spacial score (nSPS) is 11.8. The van der Waals surface area contributed by atoms with Gasteiger partial charge in [-0.25, -0.2) is 0 Å². The van der Waals surface area contributed by atoms with Crippen molar-refractivity contribution in [3.8, 4) is 0 Å². The van der Waals surface area contributed by atoms with Crippen molar-refractivity contribution in [3.63, 3.8) is 0 Å². The fourth-order valence-corrected chi connectivity index (χ4v) is 1.57. The maximum atomic E-state index is 11.9. The van der Waals surface area contributed by atoms with Crippen molar-refractivity contribution in [3.05, 3.63) is 64.3 Å². The minimum absolute atomic E-state index is 0.118. The topological polar surface area (TPSA) is 74.8 Å². The molecule has 92 valence electrons. The molecule has 5 heteroatoms. The smallest absolute Gasteiger partial charge is 0.253 e. The highest BCUT2D eigenvalue weighted by molar-refractivity contribution is 5.94. The summed E-state index contributed by atoms with van der Waals surface area (Å²) in [5, 5.41) is 2.84. The number of hydrogen-bond donors (Lipinski definition) is 2. The number of aromatic nitrogens is 2. The largest absolute Gasteiger partial charge is 0.345 e. The van der Waals surface area contributed by atoms with Crippen LogP contribution in [0.4, 0.5) is 0 Å². The Labute approximate surface area is 104 Å². The van der Waals surface area contributed by atoms with Gasteiger partial charge in [-0.15, -0.1) is 0 Å². The van der Waals surface area contributed by atoms with Gasteiger partial charge in [-0.05, 0) is 30.7 Å². The van der Waals surface area contributed by atoms with Crippen LogP contribution in [0.15, 0.2) is 47.7 Å². The Morgan fingerprint density at radius 2 is 2.00 bits per heavy atom. The van der Waals surface area contributed by atoms with E-state index in [4.69, 9.17) is 0 Å². The Morgan fingerprint density at radius 3 is 2.61 bits per heavy atom. The Morgan fingerprint density at radius 1 is 1.28 bits per heavy atom. The molecule has 2 N–H and O–H groups in total. The highest BCUT2D eigenvalue weighted by Gasteiger charge is 2.10. The third-order valence-electron chi connectivity index (χ3n) is 2.60. The zero-order valence-electron chi connectivity index (χ0n) is 9.88. The van der Waals surface area contributed by atoms with E-state index in [-0.39, 0.29) is 17.5 Å². The van der Waals surface area contributed by atoms with Crippen molar-refractivity contribution in [1.29, 1.82) is 0 Å². The van der Waals surface area contributed by atoms with Gasteiger partial charge in [0.15, 0.2) is 0 Å². The van der Waals surface area contributed by atoms with E-state index in [1.807, 2.05) is 19.1 Å². The molecule has 2 rings (SSSR count). The lowest BCUT2D eigenvalue weighted by molar-refractivity contribution is 0.0939. The van der Waals surface area contributed by atoms with Crippen LogP contribution in [0.1, 0.15) is 28.9 Å². The first kappa shape index (κ1) is 12.0. The molecule has 0 aromatic carbocycles. The molecule has 2 heterocycles. The first-order valence-corrected chi connectivity index (χ1v) is 5.56. The molecule has 5 nitrogen and oxygen atoms in total. The molecule has 0 aliphatic heterocycles. The summed E-state index contributed by atoms with van der Waals surface area (Å²) in [5.41, 5.74) is 1.17. The summed E-state index contributed by atoms with van der Waals surface area (Å²) in [6, 6.07) is 6.39. The summed E-state index contributed by atoms with van der Waals surface area (Å²) >= 11 is 0. The number of hydrogen-bond acceptors (Lipinski definition) is 3. The lowest BCUT2D eigenvalue weighted by Gasteiger charge is -2.13. The molecule has 18 heavy (non-hydrogen) atoms. The molecule has 0 saturated carbocycles. The number of nitrogens with zero attached hydrogens (tertiary/aromatic N) is 1. The summed E-state index contributed by atoms with van der Waals surface area (Å²) < 4.78 is 0. The quantitative estimate of drug-likeness (QED) is 0.852. The maximum absolute atomic E-state index is 11.9. The zero-order chi connectivity index (χ0) is 13.0. The van der Waals surface area contributed by atoms with Crippen molar-refractivity contribution >= 4 is 5.91 Å². The van der Waals surface area contributed by atoms with Gasteiger partial charge in [0.2, 0.25) is 5.56 Å². The molecule has 2 aromatic heterocycles. The van der Waals surface area contributed by atoms with E-state index in [0.29, 0.717) is 5.56 Å². The van der Waals surface area contributed by atoms with Gasteiger partial charge in [-0.3, -0.25) is 14.6 Å². The summed E-state index contributed by atoms with van der Waals surface area (Å²) in [7, 11) is 0. The molecule has 0 aliphatic rings. The third-order valence-corrected chi connectivity index (χ3v) is 2.60. The average molecular weight is 243 g/mol. The van der Waals surface area contributed by atoms with E-state index in [1.165, 1.54) is 18.3 Å². The fourth-order valence-electron chi connectivity index (χ4n) is 1.57. The summed E-state index contributed by atoms with van der Waals surface area (Å²) in [4.78, 5) is 29.2. The minimum atomic E-state index is -0.228. The number of amides is 1. The van der Waals surface area contributed by atoms with Gasteiger partial charge in [0, 0.05) is 24.7 Å². The van der Waals surface area contributed by atoms with Gasteiger partial charge in [-0.2, -0.15) is 0 Å². The fraction of sp³-hybridized carbons (Fsp3) is 0.154. The van der Waals surface area contributed by atoms with E-state index in [0.717, 1.165) is 5.56 Å². The van der Waals surface area contributed by atoms with E-state index in [2.05, 4.69) is 15.3 Å². The number of carbonyl (C=O) groups is 1. The van der Waals surface area contributed by atoms with Crippen molar-refractivity contribution in [1.82, 2.24) is 15.3 Å². The molecule has 2 aromatic rings. The summed E-state index contributed by atoms with van der Waals surface area (Å²) in [6.07, 6.45) is 4.76. The van der Waals surface area contributed by atoms with Gasteiger partial charge in [0.1, 0.15) is 0 Å². The van der Waals surface area contributed by atoms with Crippen LogP contribution in [0.5, 0.6) is 0 Å².